The molecule has 0 radical (unpaired) electrons. The van der Waals surface area contributed by atoms with Crippen LogP contribution in [0.25, 0.3) is 11.1 Å². The van der Waals surface area contributed by atoms with E-state index in [0.29, 0.717) is 11.6 Å². The van der Waals surface area contributed by atoms with E-state index < -0.39 is 33.5 Å². The van der Waals surface area contributed by atoms with Crippen molar-refractivity contribution >= 4 is 21.7 Å². The molecule has 5 nitrogen and oxygen atoms in total. The number of alkyl halides is 3. The fourth-order valence-electron chi connectivity index (χ4n) is 3.25. The molecule has 0 aliphatic heterocycles. The number of carbonyl (C=O) groups is 1. The Labute approximate surface area is 188 Å². The molecule has 0 unspecified atom stereocenters. The van der Waals surface area contributed by atoms with Gasteiger partial charge in [0.2, 0.25) is 0 Å². The lowest BCUT2D eigenvalue weighted by atomic mass is 10.0. The summed E-state index contributed by atoms with van der Waals surface area (Å²) in [6, 6.07) is 11.5. The number of hydrogen-bond donors (Lipinski definition) is 1. The van der Waals surface area contributed by atoms with E-state index >= 15 is 0 Å². The summed E-state index contributed by atoms with van der Waals surface area (Å²) in [5.74, 6) is -1.41. The van der Waals surface area contributed by atoms with Crippen LogP contribution in [0.2, 0.25) is 0 Å². The van der Waals surface area contributed by atoms with Crippen LogP contribution in [0, 0.1) is 5.82 Å². The molecule has 0 aromatic heterocycles. The zero-order chi connectivity index (χ0) is 24.4. The second-order valence-electron chi connectivity index (χ2n) is 7.04. The van der Waals surface area contributed by atoms with Crippen molar-refractivity contribution in [2.75, 3.05) is 11.8 Å². The predicted octanol–water partition coefficient (Wildman–Crippen LogP) is 5.66. The van der Waals surface area contributed by atoms with Gasteiger partial charge in [-0.2, -0.15) is 13.2 Å². The van der Waals surface area contributed by atoms with E-state index in [4.69, 9.17) is 0 Å². The average Bonchev–Trinajstić information content (AvgIpc) is 2.77. The van der Waals surface area contributed by atoms with Gasteiger partial charge in [-0.05, 0) is 53.9 Å². The summed E-state index contributed by atoms with van der Waals surface area (Å²) in [7, 11) is -3.31. The first-order chi connectivity index (χ1) is 15.5. The van der Waals surface area contributed by atoms with Crippen LogP contribution < -0.4 is 4.72 Å². The van der Waals surface area contributed by atoms with Gasteiger partial charge in [0, 0.05) is 5.56 Å². The van der Waals surface area contributed by atoms with Crippen molar-refractivity contribution in [3.8, 4) is 11.1 Å². The van der Waals surface area contributed by atoms with Gasteiger partial charge in [0.25, 0.3) is 10.0 Å². The summed E-state index contributed by atoms with van der Waals surface area (Å²) >= 11 is 0. The second kappa shape index (κ2) is 9.22. The third kappa shape index (κ3) is 5.33. The lowest BCUT2D eigenvalue weighted by Crippen LogP contribution is -2.17. The Morgan fingerprint density at radius 3 is 2.36 bits per heavy atom. The summed E-state index contributed by atoms with van der Waals surface area (Å²) in [4.78, 5) is 11.6. The van der Waals surface area contributed by atoms with E-state index in [1.54, 1.807) is 6.92 Å². The van der Waals surface area contributed by atoms with Crippen molar-refractivity contribution in [1.29, 1.82) is 0 Å². The summed E-state index contributed by atoms with van der Waals surface area (Å²) in [5.41, 5.74) is -0.937. The van der Waals surface area contributed by atoms with E-state index in [9.17, 15) is 30.8 Å². The van der Waals surface area contributed by atoms with Crippen LogP contribution in [0.5, 0.6) is 0 Å². The Bertz CT molecular complexity index is 1300. The molecule has 0 amide bonds. The Kier molecular flexibility index (Phi) is 6.78. The Balaban J connectivity index is 2.17. The zero-order valence-electron chi connectivity index (χ0n) is 17.5. The smallest absolute Gasteiger partial charge is 0.416 e. The first kappa shape index (κ1) is 24.2. The molecule has 1 N–H and O–H groups in total. The summed E-state index contributed by atoms with van der Waals surface area (Å²) in [5, 5.41) is 0. The molecular formula is C23H19F4NO4S. The van der Waals surface area contributed by atoms with Gasteiger partial charge in [-0.1, -0.05) is 31.2 Å². The molecule has 0 heterocycles. The Morgan fingerprint density at radius 1 is 1.03 bits per heavy atom. The number of anilines is 1. The van der Waals surface area contributed by atoms with Gasteiger partial charge in [-0.25, -0.2) is 17.6 Å². The number of benzene rings is 3. The van der Waals surface area contributed by atoms with Crippen LogP contribution in [-0.4, -0.2) is 21.5 Å². The van der Waals surface area contributed by atoms with Gasteiger partial charge in [0.05, 0.1) is 28.8 Å². The predicted molar refractivity (Wildman–Crippen MR) is 115 cm³/mol. The van der Waals surface area contributed by atoms with Gasteiger partial charge in [-0.3, -0.25) is 4.72 Å². The zero-order valence-corrected chi connectivity index (χ0v) is 18.4. The molecule has 33 heavy (non-hydrogen) atoms. The third-order valence-corrected chi connectivity index (χ3v) is 6.33. The first-order valence-electron chi connectivity index (χ1n) is 9.67. The number of carbonyl (C=O) groups excluding carboxylic acids is 1. The summed E-state index contributed by atoms with van der Waals surface area (Å²) < 4.78 is 87.0. The Morgan fingerprint density at radius 2 is 1.76 bits per heavy atom. The molecule has 3 aromatic rings. The number of esters is 1. The SMILES string of the molecule is CCc1ccc(C(=O)OC)cc1S(=O)(=O)Nc1cc(C(F)(F)F)ccc1-c1cccc(F)c1. The normalized spacial score (nSPS) is 11.8. The van der Waals surface area contributed by atoms with Crippen LogP contribution in [0.4, 0.5) is 23.2 Å². The van der Waals surface area contributed by atoms with Crippen molar-refractivity contribution in [1.82, 2.24) is 0 Å². The van der Waals surface area contributed by atoms with Gasteiger partial charge in [-0.15, -0.1) is 0 Å². The van der Waals surface area contributed by atoms with E-state index in [0.717, 1.165) is 37.4 Å². The molecule has 0 saturated carbocycles. The topological polar surface area (TPSA) is 72.5 Å². The van der Waals surface area contributed by atoms with E-state index in [1.165, 1.54) is 24.3 Å². The monoisotopic (exact) mass is 481 g/mol. The minimum atomic E-state index is -4.74. The first-order valence-corrected chi connectivity index (χ1v) is 11.2. The van der Waals surface area contributed by atoms with Crippen LogP contribution in [0.1, 0.15) is 28.4 Å². The lowest BCUT2D eigenvalue weighted by molar-refractivity contribution is -0.137. The van der Waals surface area contributed by atoms with E-state index in [-0.39, 0.29) is 33.7 Å². The van der Waals surface area contributed by atoms with Crippen LogP contribution in [0.3, 0.4) is 0 Å². The number of aryl methyl sites for hydroxylation is 1. The third-order valence-electron chi connectivity index (χ3n) is 4.89. The average molecular weight is 481 g/mol. The number of hydrogen-bond acceptors (Lipinski definition) is 4. The second-order valence-corrected chi connectivity index (χ2v) is 8.69. The number of halogens is 4. The maximum atomic E-state index is 13.7. The Hall–Kier alpha value is -3.40. The van der Waals surface area contributed by atoms with Gasteiger partial charge in [0.1, 0.15) is 5.82 Å². The summed E-state index contributed by atoms with van der Waals surface area (Å²) in [6.07, 6.45) is -4.46. The highest BCUT2D eigenvalue weighted by Crippen LogP contribution is 2.37. The fraction of sp³-hybridized carbons (Fsp3) is 0.174. The fourth-order valence-corrected chi connectivity index (χ4v) is 4.66. The van der Waals surface area contributed by atoms with Crippen molar-refractivity contribution in [2.24, 2.45) is 0 Å². The van der Waals surface area contributed by atoms with E-state index in [1.807, 2.05) is 0 Å². The molecule has 0 saturated heterocycles. The standard InChI is InChI=1S/C23H19F4NO4S/c1-3-14-7-8-16(22(29)32-2)12-21(14)33(30,31)28-20-13-17(23(25,26)27)9-10-19(20)15-5-4-6-18(24)11-15/h4-13,28H,3H2,1-2H3. The molecule has 10 heteroatoms. The van der Waals surface area contributed by atoms with Gasteiger partial charge < -0.3 is 4.74 Å². The molecule has 3 aromatic carbocycles. The molecule has 0 bridgehead atoms. The minimum Gasteiger partial charge on any atom is -0.465 e. The maximum absolute atomic E-state index is 13.7. The molecule has 174 valence electrons. The number of methoxy groups -OCH3 is 1. The number of rotatable bonds is 6. The molecule has 0 atom stereocenters. The van der Waals surface area contributed by atoms with Crippen molar-refractivity contribution in [3.63, 3.8) is 0 Å². The number of ether oxygens (including phenoxy) is 1. The van der Waals surface area contributed by atoms with Crippen molar-refractivity contribution in [3.05, 3.63) is 83.2 Å². The van der Waals surface area contributed by atoms with Crippen LogP contribution >= 0.6 is 0 Å². The van der Waals surface area contributed by atoms with E-state index in [2.05, 4.69) is 9.46 Å². The highest BCUT2D eigenvalue weighted by atomic mass is 32.2. The van der Waals surface area contributed by atoms with Gasteiger partial charge >= 0.3 is 12.1 Å². The molecule has 0 fully saturated rings. The number of sulfonamides is 1. The maximum Gasteiger partial charge on any atom is 0.416 e. The quantitative estimate of drug-likeness (QED) is 0.364. The highest BCUT2D eigenvalue weighted by Gasteiger charge is 2.32. The molecule has 0 spiro atoms. The lowest BCUT2D eigenvalue weighted by Gasteiger charge is -2.17. The molecular weight excluding hydrogens is 462 g/mol. The molecule has 0 aliphatic carbocycles. The largest absolute Gasteiger partial charge is 0.465 e. The highest BCUT2D eigenvalue weighted by molar-refractivity contribution is 7.92. The molecule has 0 aliphatic rings. The van der Waals surface area contributed by atoms with Crippen molar-refractivity contribution in [2.45, 2.75) is 24.4 Å². The van der Waals surface area contributed by atoms with Crippen LogP contribution in [0.15, 0.2) is 65.6 Å². The van der Waals surface area contributed by atoms with Crippen molar-refractivity contribution < 1.29 is 35.5 Å². The molecule has 3 rings (SSSR count). The van der Waals surface area contributed by atoms with Gasteiger partial charge in [0.15, 0.2) is 0 Å². The number of nitrogens with one attached hydrogen (secondary N) is 1. The minimum absolute atomic E-state index is 0.0375. The summed E-state index contributed by atoms with van der Waals surface area (Å²) in [6.45, 7) is 1.69. The van der Waals surface area contributed by atoms with Crippen LogP contribution in [-0.2, 0) is 27.4 Å².